The molecule has 0 atom stereocenters. The smallest absolute Gasteiger partial charge is 0.196 e. The number of halogens is 2. The standard InChI is InChI=1S/C21H28FN3O3.HI/c1-5-23-21(24-13-15-7-9-18(22)16(11-15)14-26-3)25-17-8-10-19(28-6-2)20(12-17)27-4;/h7-12H,5-6,13-14H2,1-4H3,(H2,23,24,25);1H. The maximum atomic E-state index is 13.8. The fourth-order valence-corrected chi connectivity index (χ4v) is 2.63. The first-order valence-electron chi connectivity index (χ1n) is 9.23. The molecule has 2 N–H and O–H groups in total. The van der Waals surface area contributed by atoms with E-state index in [4.69, 9.17) is 14.2 Å². The Morgan fingerprint density at radius 1 is 1.07 bits per heavy atom. The second-order valence-corrected chi connectivity index (χ2v) is 5.98. The molecule has 0 fully saturated rings. The predicted octanol–water partition coefficient (Wildman–Crippen LogP) is 4.58. The van der Waals surface area contributed by atoms with E-state index in [0.717, 1.165) is 11.3 Å². The van der Waals surface area contributed by atoms with Crippen molar-refractivity contribution in [1.82, 2.24) is 5.32 Å². The molecule has 2 aromatic rings. The van der Waals surface area contributed by atoms with Crippen molar-refractivity contribution in [2.24, 2.45) is 4.99 Å². The molecule has 0 unspecified atom stereocenters. The molecule has 160 valence electrons. The quantitative estimate of drug-likeness (QED) is 0.290. The molecule has 6 nitrogen and oxygen atoms in total. The number of hydrogen-bond acceptors (Lipinski definition) is 4. The van der Waals surface area contributed by atoms with E-state index in [0.29, 0.717) is 42.7 Å². The molecule has 0 saturated carbocycles. The molecule has 0 amide bonds. The van der Waals surface area contributed by atoms with Crippen LogP contribution in [-0.2, 0) is 17.9 Å². The average Bonchev–Trinajstić information content (AvgIpc) is 2.70. The summed E-state index contributed by atoms with van der Waals surface area (Å²) in [6.45, 7) is 5.82. The van der Waals surface area contributed by atoms with E-state index in [2.05, 4.69) is 15.6 Å². The third-order valence-electron chi connectivity index (χ3n) is 3.90. The molecular weight excluding hydrogens is 488 g/mol. The van der Waals surface area contributed by atoms with E-state index in [-0.39, 0.29) is 36.4 Å². The zero-order chi connectivity index (χ0) is 20.4. The van der Waals surface area contributed by atoms with Gasteiger partial charge < -0.3 is 24.8 Å². The number of guanidine groups is 1. The number of benzene rings is 2. The molecule has 0 heterocycles. The minimum Gasteiger partial charge on any atom is -0.493 e. The first kappa shape index (κ1) is 25.0. The van der Waals surface area contributed by atoms with Crippen LogP contribution >= 0.6 is 24.0 Å². The van der Waals surface area contributed by atoms with Gasteiger partial charge in [-0.3, -0.25) is 0 Å². The second kappa shape index (κ2) is 13.2. The molecule has 0 aliphatic rings. The molecule has 0 bridgehead atoms. The number of ether oxygens (including phenoxy) is 3. The fraction of sp³-hybridized carbons (Fsp3) is 0.381. The third-order valence-corrected chi connectivity index (χ3v) is 3.90. The lowest BCUT2D eigenvalue weighted by molar-refractivity contribution is 0.181. The Hall–Kier alpha value is -2.07. The molecule has 0 aliphatic carbocycles. The summed E-state index contributed by atoms with van der Waals surface area (Å²) < 4.78 is 29.7. The Balaban J connectivity index is 0.00000420. The van der Waals surface area contributed by atoms with Crippen LogP contribution in [-0.4, -0.2) is 33.3 Å². The van der Waals surface area contributed by atoms with Gasteiger partial charge in [-0.2, -0.15) is 0 Å². The number of nitrogens with zero attached hydrogens (tertiary/aromatic N) is 1. The van der Waals surface area contributed by atoms with Crippen LogP contribution in [0.5, 0.6) is 11.5 Å². The highest BCUT2D eigenvalue weighted by molar-refractivity contribution is 14.0. The lowest BCUT2D eigenvalue weighted by atomic mass is 10.1. The number of rotatable bonds is 9. The maximum absolute atomic E-state index is 13.8. The molecule has 29 heavy (non-hydrogen) atoms. The van der Waals surface area contributed by atoms with Crippen molar-refractivity contribution >= 4 is 35.6 Å². The Morgan fingerprint density at radius 3 is 2.52 bits per heavy atom. The lowest BCUT2D eigenvalue weighted by Gasteiger charge is -2.14. The monoisotopic (exact) mass is 517 g/mol. The van der Waals surface area contributed by atoms with E-state index in [1.807, 2.05) is 32.0 Å². The number of nitrogens with one attached hydrogen (secondary N) is 2. The van der Waals surface area contributed by atoms with Gasteiger partial charge in [0, 0.05) is 31.0 Å². The van der Waals surface area contributed by atoms with E-state index in [1.165, 1.54) is 6.07 Å². The summed E-state index contributed by atoms with van der Waals surface area (Å²) in [6.07, 6.45) is 0. The summed E-state index contributed by atoms with van der Waals surface area (Å²) in [5.74, 6) is 1.67. The number of hydrogen-bond donors (Lipinski definition) is 2. The summed E-state index contributed by atoms with van der Waals surface area (Å²) in [7, 11) is 3.15. The van der Waals surface area contributed by atoms with Crippen molar-refractivity contribution in [2.75, 3.05) is 32.7 Å². The Kier molecular flexibility index (Phi) is 11.4. The van der Waals surface area contributed by atoms with Gasteiger partial charge in [0.05, 0.1) is 26.9 Å². The molecular formula is C21H29FIN3O3. The topological polar surface area (TPSA) is 64.1 Å². The van der Waals surface area contributed by atoms with Crippen molar-refractivity contribution in [3.05, 3.63) is 53.3 Å². The second-order valence-electron chi connectivity index (χ2n) is 5.98. The van der Waals surface area contributed by atoms with Gasteiger partial charge in [0.15, 0.2) is 17.5 Å². The SMILES string of the molecule is CCNC(=NCc1ccc(F)c(COC)c1)Nc1ccc(OCC)c(OC)c1.I. The Bertz CT molecular complexity index is 803. The van der Waals surface area contributed by atoms with Gasteiger partial charge in [-0.25, -0.2) is 9.38 Å². The molecule has 8 heteroatoms. The highest BCUT2D eigenvalue weighted by Crippen LogP contribution is 2.30. The zero-order valence-electron chi connectivity index (χ0n) is 17.3. The van der Waals surface area contributed by atoms with Crippen LogP contribution in [0.1, 0.15) is 25.0 Å². The zero-order valence-corrected chi connectivity index (χ0v) is 19.6. The average molecular weight is 517 g/mol. The van der Waals surface area contributed by atoms with Crippen LogP contribution in [0.3, 0.4) is 0 Å². The van der Waals surface area contributed by atoms with Gasteiger partial charge in [-0.15, -0.1) is 24.0 Å². The first-order valence-corrected chi connectivity index (χ1v) is 9.23. The van der Waals surface area contributed by atoms with Gasteiger partial charge in [0.25, 0.3) is 0 Å². The molecule has 0 aromatic heterocycles. The fourth-order valence-electron chi connectivity index (χ4n) is 2.63. The maximum Gasteiger partial charge on any atom is 0.196 e. The molecule has 2 aromatic carbocycles. The summed E-state index contributed by atoms with van der Waals surface area (Å²) in [4.78, 5) is 4.58. The van der Waals surface area contributed by atoms with Crippen LogP contribution in [0.25, 0.3) is 0 Å². The summed E-state index contributed by atoms with van der Waals surface area (Å²) in [5, 5.41) is 6.45. The molecule has 0 saturated heterocycles. The minimum atomic E-state index is -0.277. The normalized spacial score (nSPS) is 10.9. The van der Waals surface area contributed by atoms with Crippen LogP contribution in [0.2, 0.25) is 0 Å². The van der Waals surface area contributed by atoms with Crippen molar-refractivity contribution in [1.29, 1.82) is 0 Å². The van der Waals surface area contributed by atoms with Gasteiger partial charge >= 0.3 is 0 Å². The van der Waals surface area contributed by atoms with Crippen molar-refractivity contribution in [3.63, 3.8) is 0 Å². The van der Waals surface area contributed by atoms with Crippen LogP contribution in [0.15, 0.2) is 41.4 Å². The largest absolute Gasteiger partial charge is 0.493 e. The summed E-state index contributed by atoms with van der Waals surface area (Å²) in [6, 6.07) is 10.5. The molecule has 0 spiro atoms. The summed E-state index contributed by atoms with van der Waals surface area (Å²) in [5.41, 5.74) is 2.23. The van der Waals surface area contributed by atoms with Gasteiger partial charge in [-0.1, -0.05) is 6.07 Å². The number of aliphatic imine (C=N–C) groups is 1. The van der Waals surface area contributed by atoms with E-state index in [1.54, 1.807) is 26.4 Å². The van der Waals surface area contributed by atoms with Crippen LogP contribution < -0.4 is 20.1 Å². The number of anilines is 1. The van der Waals surface area contributed by atoms with Crippen LogP contribution in [0.4, 0.5) is 10.1 Å². The van der Waals surface area contributed by atoms with Gasteiger partial charge in [0.2, 0.25) is 0 Å². The van der Waals surface area contributed by atoms with E-state index >= 15 is 0 Å². The predicted molar refractivity (Wildman–Crippen MR) is 125 cm³/mol. The molecule has 2 rings (SSSR count). The minimum absolute atomic E-state index is 0. The molecule has 0 aliphatic heterocycles. The highest BCUT2D eigenvalue weighted by atomic mass is 127. The lowest BCUT2D eigenvalue weighted by Crippen LogP contribution is -2.30. The van der Waals surface area contributed by atoms with Crippen molar-refractivity contribution in [2.45, 2.75) is 27.0 Å². The number of methoxy groups -OCH3 is 2. The van der Waals surface area contributed by atoms with Crippen LogP contribution in [0, 0.1) is 5.82 Å². The third kappa shape index (κ3) is 7.69. The van der Waals surface area contributed by atoms with Crippen molar-refractivity contribution < 1.29 is 18.6 Å². The Labute approximate surface area is 188 Å². The summed E-state index contributed by atoms with van der Waals surface area (Å²) >= 11 is 0. The first-order chi connectivity index (χ1) is 13.6. The van der Waals surface area contributed by atoms with E-state index in [9.17, 15) is 4.39 Å². The van der Waals surface area contributed by atoms with Gasteiger partial charge in [0.1, 0.15) is 5.82 Å². The highest BCUT2D eigenvalue weighted by Gasteiger charge is 2.08. The van der Waals surface area contributed by atoms with E-state index < -0.39 is 0 Å². The van der Waals surface area contributed by atoms with Crippen molar-refractivity contribution in [3.8, 4) is 11.5 Å². The Morgan fingerprint density at radius 2 is 1.86 bits per heavy atom. The van der Waals surface area contributed by atoms with Gasteiger partial charge in [-0.05, 0) is 43.7 Å². The molecule has 0 radical (unpaired) electrons.